The molecule has 3 aromatic rings. The average molecular weight is 470 g/mol. The maximum absolute atomic E-state index is 5.95. The van der Waals surface area contributed by atoms with E-state index >= 15 is 0 Å². The number of hydrogen-bond donors (Lipinski definition) is 1. The van der Waals surface area contributed by atoms with Crippen molar-refractivity contribution in [1.29, 1.82) is 0 Å². The topological polar surface area (TPSA) is 53.7 Å². The molecule has 0 bridgehead atoms. The van der Waals surface area contributed by atoms with Crippen LogP contribution in [-0.2, 0) is 13.1 Å². The Labute approximate surface area is 169 Å². The van der Waals surface area contributed by atoms with Crippen molar-refractivity contribution >= 4 is 52.2 Å². The molecule has 0 saturated carbocycles. The monoisotopic (exact) mass is 470 g/mol. The number of nitrogens with zero attached hydrogens (tertiary/aromatic N) is 3. The van der Waals surface area contributed by atoms with E-state index in [-0.39, 0.29) is 24.0 Å². The summed E-state index contributed by atoms with van der Waals surface area (Å²) in [6.07, 6.45) is 0. The summed E-state index contributed by atoms with van der Waals surface area (Å²) in [6.45, 7) is 5.44. The molecule has 0 amide bonds. The molecule has 25 heavy (non-hydrogen) atoms. The van der Waals surface area contributed by atoms with Gasteiger partial charge in [-0.15, -0.1) is 35.3 Å². The van der Waals surface area contributed by atoms with Gasteiger partial charge in [0, 0.05) is 30.4 Å². The molecule has 134 valence electrons. The summed E-state index contributed by atoms with van der Waals surface area (Å²) in [5.74, 6) is 1.76. The van der Waals surface area contributed by atoms with Gasteiger partial charge in [0.05, 0.1) is 23.8 Å². The first kappa shape index (κ1) is 19.7. The molecule has 0 atom stereocenters. The van der Waals surface area contributed by atoms with Crippen LogP contribution < -0.4 is 5.32 Å². The molecule has 0 fully saturated rings. The SMILES string of the molecule is CN=C(NCc1oc2ccccc2c1C)N(C)Cc1csc(C)n1.I. The summed E-state index contributed by atoms with van der Waals surface area (Å²) >= 11 is 1.67. The van der Waals surface area contributed by atoms with Gasteiger partial charge < -0.3 is 14.6 Å². The van der Waals surface area contributed by atoms with E-state index in [0.29, 0.717) is 6.54 Å². The van der Waals surface area contributed by atoms with Crippen LogP contribution in [0.25, 0.3) is 11.0 Å². The molecule has 2 aromatic heterocycles. The zero-order chi connectivity index (χ0) is 17.1. The van der Waals surface area contributed by atoms with E-state index in [1.807, 2.05) is 32.2 Å². The molecular formula is C18H23IN4OS. The highest BCUT2D eigenvalue weighted by Crippen LogP contribution is 2.24. The molecule has 2 heterocycles. The average Bonchev–Trinajstić information content (AvgIpc) is 3.12. The number of para-hydroxylation sites is 1. The minimum absolute atomic E-state index is 0. The van der Waals surface area contributed by atoms with Crippen LogP contribution in [0.2, 0.25) is 0 Å². The van der Waals surface area contributed by atoms with Gasteiger partial charge in [0.1, 0.15) is 11.3 Å². The van der Waals surface area contributed by atoms with E-state index in [1.165, 1.54) is 5.56 Å². The van der Waals surface area contributed by atoms with E-state index in [4.69, 9.17) is 4.42 Å². The second-order valence-corrected chi connectivity index (χ2v) is 6.82. The number of furan rings is 1. The van der Waals surface area contributed by atoms with Crippen LogP contribution in [0.4, 0.5) is 0 Å². The van der Waals surface area contributed by atoms with Gasteiger partial charge in [-0.2, -0.15) is 0 Å². The fraction of sp³-hybridized carbons (Fsp3) is 0.333. The molecule has 0 radical (unpaired) electrons. The van der Waals surface area contributed by atoms with E-state index in [1.54, 1.807) is 18.4 Å². The molecule has 0 unspecified atom stereocenters. The van der Waals surface area contributed by atoms with Crippen LogP contribution in [0.15, 0.2) is 39.1 Å². The standard InChI is InChI=1S/C18H22N4OS.HI/c1-12-15-7-5-6-8-16(15)23-17(12)9-20-18(19-3)22(4)10-14-11-24-13(2)21-14;/h5-8,11H,9-10H2,1-4H3,(H,19,20);1H. The Morgan fingerprint density at radius 1 is 1.32 bits per heavy atom. The van der Waals surface area contributed by atoms with Crippen LogP contribution in [-0.4, -0.2) is 29.9 Å². The Kier molecular flexibility index (Phi) is 6.83. The van der Waals surface area contributed by atoms with Crippen molar-refractivity contribution in [1.82, 2.24) is 15.2 Å². The van der Waals surface area contributed by atoms with Crippen LogP contribution in [0.1, 0.15) is 22.0 Å². The number of hydrogen-bond acceptors (Lipinski definition) is 4. The van der Waals surface area contributed by atoms with Gasteiger partial charge in [-0.25, -0.2) is 4.98 Å². The second kappa shape index (κ2) is 8.66. The maximum Gasteiger partial charge on any atom is 0.194 e. The molecule has 1 aromatic carbocycles. The quantitative estimate of drug-likeness (QED) is 0.351. The Hall–Kier alpha value is -1.61. The zero-order valence-electron chi connectivity index (χ0n) is 14.9. The molecule has 0 aliphatic rings. The first-order valence-corrected chi connectivity index (χ1v) is 8.76. The Balaban J connectivity index is 0.00000225. The van der Waals surface area contributed by atoms with Crippen LogP contribution >= 0.6 is 35.3 Å². The van der Waals surface area contributed by atoms with Crippen molar-refractivity contribution in [3.63, 3.8) is 0 Å². The lowest BCUT2D eigenvalue weighted by molar-refractivity contribution is 0.460. The molecule has 0 aliphatic heterocycles. The third kappa shape index (κ3) is 4.52. The molecule has 0 aliphatic carbocycles. The molecule has 0 spiro atoms. The fourth-order valence-electron chi connectivity index (χ4n) is 2.74. The molecular weight excluding hydrogens is 447 g/mol. The van der Waals surface area contributed by atoms with Crippen molar-refractivity contribution in [3.8, 4) is 0 Å². The van der Waals surface area contributed by atoms with Gasteiger partial charge in [-0.3, -0.25) is 4.99 Å². The molecule has 0 saturated heterocycles. The lowest BCUT2D eigenvalue weighted by Crippen LogP contribution is -2.38. The molecule has 1 N–H and O–H groups in total. The first-order chi connectivity index (χ1) is 11.6. The van der Waals surface area contributed by atoms with E-state index in [9.17, 15) is 0 Å². The number of aromatic nitrogens is 1. The number of halogens is 1. The van der Waals surface area contributed by atoms with Gasteiger partial charge in [0.2, 0.25) is 0 Å². The summed E-state index contributed by atoms with van der Waals surface area (Å²) in [6, 6.07) is 8.11. The predicted molar refractivity (Wildman–Crippen MR) is 115 cm³/mol. The number of fused-ring (bicyclic) bond motifs is 1. The first-order valence-electron chi connectivity index (χ1n) is 7.88. The molecule has 5 nitrogen and oxygen atoms in total. The van der Waals surface area contributed by atoms with E-state index < -0.39 is 0 Å². The van der Waals surface area contributed by atoms with Crippen molar-refractivity contribution in [2.45, 2.75) is 26.9 Å². The van der Waals surface area contributed by atoms with Crippen LogP contribution in [0, 0.1) is 13.8 Å². The third-order valence-electron chi connectivity index (χ3n) is 3.99. The molecule has 3 rings (SSSR count). The fourth-order valence-corrected chi connectivity index (χ4v) is 3.34. The minimum atomic E-state index is 0. The summed E-state index contributed by atoms with van der Waals surface area (Å²) in [7, 11) is 3.80. The normalized spacial score (nSPS) is 11.4. The number of benzene rings is 1. The highest BCUT2D eigenvalue weighted by molar-refractivity contribution is 14.0. The van der Waals surface area contributed by atoms with Gasteiger partial charge in [0.15, 0.2) is 5.96 Å². The lowest BCUT2D eigenvalue weighted by atomic mass is 10.1. The highest BCUT2D eigenvalue weighted by atomic mass is 127. The Bertz CT molecular complexity index is 871. The van der Waals surface area contributed by atoms with Crippen LogP contribution in [0.3, 0.4) is 0 Å². The third-order valence-corrected chi connectivity index (χ3v) is 4.81. The van der Waals surface area contributed by atoms with Crippen LogP contribution in [0.5, 0.6) is 0 Å². The lowest BCUT2D eigenvalue weighted by Gasteiger charge is -2.20. The maximum atomic E-state index is 5.95. The van der Waals surface area contributed by atoms with Crippen molar-refractivity contribution in [2.24, 2.45) is 4.99 Å². The van der Waals surface area contributed by atoms with Gasteiger partial charge in [0.25, 0.3) is 0 Å². The smallest absolute Gasteiger partial charge is 0.194 e. The summed E-state index contributed by atoms with van der Waals surface area (Å²) in [4.78, 5) is 10.9. The van der Waals surface area contributed by atoms with E-state index in [2.05, 4.69) is 38.6 Å². The largest absolute Gasteiger partial charge is 0.459 e. The number of aryl methyl sites for hydroxylation is 2. The van der Waals surface area contributed by atoms with Gasteiger partial charge >= 0.3 is 0 Å². The number of thiazole rings is 1. The minimum Gasteiger partial charge on any atom is -0.459 e. The number of rotatable bonds is 4. The summed E-state index contributed by atoms with van der Waals surface area (Å²) in [5.41, 5.74) is 3.15. The predicted octanol–water partition coefficient (Wildman–Crippen LogP) is 4.33. The second-order valence-electron chi connectivity index (χ2n) is 5.76. The number of guanidine groups is 1. The Morgan fingerprint density at radius 2 is 2.08 bits per heavy atom. The van der Waals surface area contributed by atoms with Crippen molar-refractivity contribution in [3.05, 3.63) is 51.7 Å². The zero-order valence-corrected chi connectivity index (χ0v) is 18.0. The van der Waals surface area contributed by atoms with Crippen molar-refractivity contribution in [2.75, 3.05) is 14.1 Å². The molecule has 7 heteroatoms. The highest BCUT2D eigenvalue weighted by Gasteiger charge is 2.12. The van der Waals surface area contributed by atoms with E-state index in [0.717, 1.165) is 39.9 Å². The number of nitrogens with one attached hydrogen (secondary N) is 1. The van der Waals surface area contributed by atoms with Gasteiger partial charge in [-0.1, -0.05) is 18.2 Å². The number of aliphatic imine (C=N–C) groups is 1. The Morgan fingerprint density at radius 3 is 2.72 bits per heavy atom. The summed E-state index contributed by atoms with van der Waals surface area (Å²) in [5, 5.41) is 7.70. The van der Waals surface area contributed by atoms with Gasteiger partial charge in [-0.05, 0) is 19.9 Å². The van der Waals surface area contributed by atoms with Crippen molar-refractivity contribution < 1.29 is 4.42 Å². The summed E-state index contributed by atoms with van der Waals surface area (Å²) < 4.78 is 5.95.